The molecule has 2 aromatic rings. The highest BCUT2D eigenvalue weighted by atomic mass is 16.5. The normalized spacial score (nSPS) is 14.3. The molecule has 102 valence electrons. The quantitative estimate of drug-likeness (QED) is 0.834. The minimum atomic E-state index is 0.339. The van der Waals surface area contributed by atoms with Crippen molar-refractivity contribution >= 4 is 5.69 Å². The molecule has 2 atom stereocenters. The minimum absolute atomic E-state index is 0.339. The molecule has 2 N–H and O–H groups in total. The van der Waals surface area contributed by atoms with Gasteiger partial charge in [0, 0.05) is 18.0 Å². The van der Waals surface area contributed by atoms with Gasteiger partial charge in [-0.1, -0.05) is 38.1 Å². The van der Waals surface area contributed by atoms with E-state index in [0.29, 0.717) is 17.7 Å². The SMILES string of the molecule is CCC(C)c1noc(CC(C)c2ccc(N)cc2)n1. The topological polar surface area (TPSA) is 64.9 Å². The van der Waals surface area contributed by atoms with Crippen LogP contribution in [-0.4, -0.2) is 10.1 Å². The summed E-state index contributed by atoms with van der Waals surface area (Å²) in [5.41, 5.74) is 7.71. The molecule has 4 heteroatoms. The lowest BCUT2D eigenvalue weighted by molar-refractivity contribution is 0.364. The van der Waals surface area contributed by atoms with Crippen molar-refractivity contribution in [3.8, 4) is 0 Å². The molecule has 19 heavy (non-hydrogen) atoms. The maximum absolute atomic E-state index is 5.69. The maximum atomic E-state index is 5.69. The molecule has 2 unspecified atom stereocenters. The van der Waals surface area contributed by atoms with Gasteiger partial charge in [-0.15, -0.1) is 0 Å². The summed E-state index contributed by atoms with van der Waals surface area (Å²) in [4.78, 5) is 4.46. The third-order valence-corrected chi connectivity index (χ3v) is 3.52. The number of nitrogens with two attached hydrogens (primary N) is 1. The predicted molar refractivity (Wildman–Crippen MR) is 76.0 cm³/mol. The van der Waals surface area contributed by atoms with Crippen LogP contribution in [0.1, 0.15) is 56.3 Å². The van der Waals surface area contributed by atoms with E-state index in [4.69, 9.17) is 10.3 Å². The second-order valence-corrected chi connectivity index (χ2v) is 5.13. The summed E-state index contributed by atoms with van der Waals surface area (Å²) >= 11 is 0. The second-order valence-electron chi connectivity index (χ2n) is 5.13. The molecule has 0 saturated carbocycles. The third-order valence-electron chi connectivity index (χ3n) is 3.52. The molecule has 0 aliphatic carbocycles. The van der Waals surface area contributed by atoms with Crippen LogP contribution in [-0.2, 0) is 6.42 Å². The van der Waals surface area contributed by atoms with Crippen LogP contribution in [0, 0.1) is 0 Å². The maximum Gasteiger partial charge on any atom is 0.227 e. The average Bonchev–Trinajstić information content (AvgIpc) is 2.87. The summed E-state index contributed by atoms with van der Waals surface area (Å²) in [6.45, 7) is 6.38. The molecule has 0 spiro atoms. The number of nitrogens with zero attached hydrogens (tertiary/aromatic N) is 2. The Morgan fingerprint density at radius 3 is 2.47 bits per heavy atom. The number of hydrogen-bond donors (Lipinski definition) is 1. The van der Waals surface area contributed by atoms with Crippen molar-refractivity contribution < 1.29 is 4.52 Å². The molecule has 1 aromatic heterocycles. The van der Waals surface area contributed by atoms with Crippen molar-refractivity contribution in [2.75, 3.05) is 5.73 Å². The van der Waals surface area contributed by atoms with E-state index in [1.54, 1.807) is 0 Å². The van der Waals surface area contributed by atoms with Gasteiger partial charge >= 0.3 is 0 Å². The molecule has 0 fully saturated rings. The third kappa shape index (κ3) is 3.34. The molecular formula is C15H21N3O. The first-order valence-corrected chi connectivity index (χ1v) is 6.78. The fraction of sp³-hybridized carbons (Fsp3) is 0.467. The Bertz CT molecular complexity index is 518. The van der Waals surface area contributed by atoms with Gasteiger partial charge in [-0.3, -0.25) is 0 Å². The van der Waals surface area contributed by atoms with Crippen LogP contribution in [0.25, 0.3) is 0 Å². The van der Waals surface area contributed by atoms with Gasteiger partial charge in [0.15, 0.2) is 5.82 Å². The Morgan fingerprint density at radius 2 is 1.84 bits per heavy atom. The zero-order valence-electron chi connectivity index (χ0n) is 11.8. The lowest BCUT2D eigenvalue weighted by Gasteiger charge is -2.09. The molecule has 0 aliphatic rings. The van der Waals surface area contributed by atoms with Crippen LogP contribution >= 0.6 is 0 Å². The van der Waals surface area contributed by atoms with E-state index < -0.39 is 0 Å². The Kier molecular flexibility index (Phi) is 4.20. The molecule has 2 rings (SSSR count). The smallest absolute Gasteiger partial charge is 0.227 e. The summed E-state index contributed by atoms with van der Waals surface area (Å²) < 4.78 is 5.32. The van der Waals surface area contributed by atoms with Crippen LogP contribution in [0.3, 0.4) is 0 Å². The molecule has 1 heterocycles. The van der Waals surface area contributed by atoms with E-state index in [-0.39, 0.29) is 0 Å². The predicted octanol–water partition coefficient (Wildman–Crippen LogP) is 3.51. The first kappa shape index (κ1) is 13.6. The standard InChI is InChI=1S/C15H21N3O/c1-4-10(2)15-17-14(19-18-15)9-11(3)12-5-7-13(16)8-6-12/h5-8,10-11H,4,9,16H2,1-3H3. The lowest BCUT2D eigenvalue weighted by atomic mass is 9.97. The number of aromatic nitrogens is 2. The van der Waals surface area contributed by atoms with Gasteiger partial charge in [0.05, 0.1) is 0 Å². The molecule has 0 amide bonds. The fourth-order valence-corrected chi connectivity index (χ4v) is 1.94. The van der Waals surface area contributed by atoms with Gasteiger partial charge in [0.25, 0.3) is 0 Å². The van der Waals surface area contributed by atoms with E-state index in [1.165, 1.54) is 5.56 Å². The number of rotatable bonds is 5. The van der Waals surface area contributed by atoms with Crippen LogP contribution in [0.15, 0.2) is 28.8 Å². The molecular weight excluding hydrogens is 238 g/mol. The summed E-state index contributed by atoms with van der Waals surface area (Å²) in [5.74, 6) is 2.21. The summed E-state index contributed by atoms with van der Waals surface area (Å²) in [6.07, 6.45) is 1.78. The second kappa shape index (κ2) is 5.87. The summed E-state index contributed by atoms with van der Waals surface area (Å²) in [6, 6.07) is 7.94. The van der Waals surface area contributed by atoms with Crippen molar-refractivity contribution in [3.05, 3.63) is 41.5 Å². The molecule has 0 saturated heterocycles. The number of hydrogen-bond acceptors (Lipinski definition) is 4. The Hall–Kier alpha value is -1.84. The van der Waals surface area contributed by atoms with E-state index in [2.05, 4.69) is 30.9 Å². The molecule has 0 bridgehead atoms. The van der Waals surface area contributed by atoms with Gasteiger partial charge in [-0.2, -0.15) is 4.98 Å². The highest BCUT2D eigenvalue weighted by Crippen LogP contribution is 2.22. The zero-order valence-corrected chi connectivity index (χ0v) is 11.8. The summed E-state index contributed by atoms with van der Waals surface area (Å²) in [5, 5.41) is 4.04. The number of nitrogen functional groups attached to an aromatic ring is 1. The van der Waals surface area contributed by atoms with Crippen molar-refractivity contribution in [1.82, 2.24) is 10.1 Å². The largest absolute Gasteiger partial charge is 0.399 e. The van der Waals surface area contributed by atoms with E-state index in [9.17, 15) is 0 Å². The van der Waals surface area contributed by atoms with Gasteiger partial charge in [0.1, 0.15) is 0 Å². The van der Waals surface area contributed by atoms with Gasteiger partial charge in [0.2, 0.25) is 5.89 Å². The number of anilines is 1. The highest BCUT2D eigenvalue weighted by molar-refractivity contribution is 5.40. The van der Waals surface area contributed by atoms with Crippen LogP contribution in [0.2, 0.25) is 0 Å². The monoisotopic (exact) mass is 259 g/mol. The summed E-state index contributed by atoms with van der Waals surface area (Å²) in [7, 11) is 0. The minimum Gasteiger partial charge on any atom is -0.399 e. The van der Waals surface area contributed by atoms with E-state index >= 15 is 0 Å². The van der Waals surface area contributed by atoms with E-state index in [1.807, 2.05) is 24.3 Å². The molecule has 0 radical (unpaired) electrons. The van der Waals surface area contributed by atoms with Crippen LogP contribution < -0.4 is 5.73 Å². The first-order chi connectivity index (χ1) is 9.10. The molecule has 1 aromatic carbocycles. The van der Waals surface area contributed by atoms with Gasteiger partial charge in [-0.05, 0) is 30.0 Å². The molecule has 4 nitrogen and oxygen atoms in total. The molecule has 0 aliphatic heterocycles. The Morgan fingerprint density at radius 1 is 1.16 bits per heavy atom. The lowest BCUT2D eigenvalue weighted by Crippen LogP contribution is -2.00. The fourth-order valence-electron chi connectivity index (χ4n) is 1.94. The van der Waals surface area contributed by atoms with E-state index in [0.717, 1.165) is 24.4 Å². The van der Waals surface area contributed by atoms with Gasteiger partial charge in [-0.25, -0.2) is 0 Å². The Balaban J connectivity index is 2.04. The van der Waals surface area contributed by atoms with Crippen molar-refractivity contribution in [2.24, 2.45) is 0 Å². The highest BCUT2D eigenvalue weighted by Gasteiger charge is 2.15. The van der Waals surface area contributed by atoms with Crippen molar-refractivity contribution in [2.45, 2.75) is 45.4 Å². The first-order valence-electron chi connectivity index (χ1n) is 6.78. The zero-order chi connectivity index (χ0) is 13.8. The van der Waals surface area contributed by atoms with Crippen LogP contribution in [0.5, 0.6) is 0 Å². The van der Waals surface area contributed by atoms with Crippen LogP contribution in [0.4, 0.5) is 5.69 Å². The average molecular weight is 259 g/mol. The Labute approximate surface area is 114 Å². The number of benzene rings is 1. The van der Waals surface area contributed by atoms with Crippen molar-refractivity contribution in [3.63, 3.8) is 0 Å². The van der Waals surface area contributed by atoms with Gasteiger partial charge < -0.3 is 10.3 Å². The van der Waals surface area contributed by atoms with Crippen molar-refractivity contribution in [1.29, 1.82) is 0 Å².